The average Bonchev–Trinajstić information content (AvgIpc) is 2.40. The molecule has 2 nitrogen and oxygen atoms in total. The zero-order valence-corrected chi connectivity index (χ0v) is 12.0. The van der Waals surface area contributed by atoms with Crippen molar-refractivity contribution >= 4 is 46.4 Å². The van der Waals surface area contributed by atoms with Crippen molar-refractivity contribution in [2.75, 3.05) is 5.32 Å². The van der Waals surface area contributed by atoms with Crippen LogP contribution in [0.4, 0.5) is 5.69 Å². The topological polar surface area (TPSA) is 29.1 Å². The monoisotopic (exact) mass is 313 g/mol. The van der Waals surface area contributed by atoms with E-state index in [2.05, 4.69) is 5.32 Å². The summed E-state index contributed by atoms with van der Waals surface area (Å²) in [7, 11) is 0. The Labute approximate surface area is 126 Å². The lowest BCUT2D eigenvalue weighted by molar-refractivity contribution is -0.116. The molecular formula is C14H10Cl3NO. The Morgan fingerprint density at radius 1 is 1.00 bits per heavy atom. The maximum Gasteiger partial charge on any atom is 0.246 e. The quantitative estimate of drug-likeness (QED) is 0.801. The van der Waals surface area contributed by atoms with Crippen molar-refractivity contribution < 1.29 is 4.79 Å². The molecule has 0 aromatic heterocycles. The Morgan fingerprint density at radius 3 is 2.32 bits per heavy atom. The van der Waals surface area contributed by atoms with E-state index in [0.29, 0.717) is 21.3 Å². The van der Waals surface area contributed by atoms with E-state index in [-0.39, 0.29) is 5.91 Å². The molecule has 1 N–H and O–H groups in total. The van der Waals surface area contributed by atoms with E-state index < -0.39 is 5.38 Å². The van der Waals surface area contributed by atoms with Gasteiger partial charge in [-0.1, -0.05) is 35.3 Å². The number of alkyl halides is 1. The predicted octanol–water partition coefficient (Wildman–Crippen LogP) is 4.91. The molecule has 0 spiro atoms. The summed E-state index contributed by atoms with van der Waals surface area (Å²) in [5.74, 6) is -0.314. The number of nitrogens with one attached hydrogen (secondary N) is 1. The van der Waals surface area contributed by atoms with Crippen LogP contribution in [-0.4, -0.2) is 5.91 Å². The highest BCUT2D eigenvalue weighted by Gasteiger charge is 2.17. The highest BCUT2D eigenvalue weighted by Crippen LogP contribution is 2.25. The molecule has 2 rings (SSSR count). The fourth-order valence-corrected chi connectivity index (χ4v) is 2.07. The second-order valence-electron chi connectivity index (χ2n) is 3.91. The molecule has 1 atom stereocenters. The van der Waals surface area contributed by atoms with Gasteiger partial charge >= 0.3 is 0 Å². The average molecular weight is 315 g/mol. The maximum absolute atomic E-state index is 12.0. The summed E-state index contributed by atoms with van der Waals surface area (Å²) in [6.07, 6.45) is 0. The summed E-state index contributed by atoms with van der Waals surface area (Å²) in [4.78, 5) is 12.0. The second-order valence-corrected chi connectivity index (χ2v) is 5.22. The first-order chi connectivity index (χ1) is 9.06. The molecule has 19 heavy (non-hydrogen) atoms. The molecule has 0 heterocycles. The number of rotatable bonds is 3. The highest BCUT2D eigenvalue weighted by molar-refractivity contribution is 6.33. The van der Waals surface area contributed by atoms with Gasteiger partial charge in [-0.05, 0) is 42.0 Å². The van der Waals surface area contributed by atoms with E-state index in [4.69, 9.17) is 34.8 Å². The van der Waals surface area contributed by atoms with Gasteiger partial charge in [-0.25, -0.2) is 0 Å². The largest absolute Gasteiger partial charge is 0.325 e. The van der Waals surface area contributed by atoms with Gasteiger partial charge < -0.3 is 5.32 Å². The molecule has 5 heteroatoms. The molecular weight excluding hydrogens is 305 g/mol. The normalized spacial score (nSPS) is 11.9. The number of hydrogen-bond acceptors (Lipinski definition) is 1. The number of anilines is 1. The van der Waals surface area contributed by atoms with Crippen LogP contribution in [0.5, 0.6) is 0 Å². The standard InChI is InChI=1S/C14H10Cl3NO/c15-10-4-6-12(7-5-10)18-14(19)13(17)9-2-1-3-11(16)8-9/h1-8,13H,(H,18,19). The zero-order valence-electron chi connectivity index (χ0n) is 9.74. The first-order valence-corrected chi connectivity index (χ1v) is 6.71. The first-order valence-electron chi connectivity index (χ1n) is 5.52. The molecule has 0 aliphatic heterocycles. The lowest BCUT2D eigenvalue weighted by atomic mass is 10.1. The van der Waals surface area contributed by atoms with Gasteiger partial charge in [0, 0.05) is 15.7 Å². The van der Waals surface area contributed by atoms with E-state index in [1.165, 1.54) is 0 Å². The predicted molar refractivity (Wildman–Crippen MR) is 80.1 cm³/mol. The minimum atomic E-state index is -0.797. The van der Waals surface area contributed by atoms with Crippen LogP contribution in [-0.2, 0) is 4.79 Å². The lowest BCUT2D eigenvalue weighted by Gasteiger charge is -2.11. The summed E-state index contributed by atoms with van der Waals surface area (Å²) in [5, 5.41) is 3.07. The molecule has 0 aliphatic rings. The third-order valence-electron chi connectivity index (χ3n) is 2.48. The molecule has 0 bridgehead atoms. The van der Waals surface area contributed by atoms with Crippen molar-refractivity contribution in [2.45, 2.75) is 5.38 Å². The summed E-state index contributed by atoms with van der Waals surface area (Å²) >= 11 is 17.7. The molecule has 1 amide bonds. The van der Waals surface area contributed by atoms with Crippen LogP contribution in [0.1, 0.15) is 10.9 Å². The number of halogens is 3. The molecule has 2 aromatic carbocycles. The van der Waals surface area contributed by atoms with E-state index in [1.54, 1.807) is 48.5 Å². The lowest BCUT2D eigenvalue weighted by Crippen LogP contribution is -2.17. The third kappa shape index (κ3) is 3.87. The summed E-state index contributed by atoms with van der Waals surface area (Å²) < 4.78 is 0. The number of hydrogen-bond donors (Lipinski definition) is 1. The van der Waals surface area contributed by atoms with Crippen LogP contribution >= 0.6 is 34.8 Å². The van der Waals surface area contributed by atoms with Gasteiger partial charge in [0.15, 0.2) is 0 Å². The molecule has 0 aliphatic carbocycles. The van der Waals surface area contributed by atoms with Gasteiger partial charge in [0.1, 0.15) is 5.38 Å². The van der Waals surface area contributed by atoms with E-state index in [9.17, 15) is 4.79 Å². The van der Waals surface area contributed by atoms with Gasteiger partial charge in [-0.15, -0.1) is 11.6 Å². The minimum Gasteiger partial charge on any atom is -0.325 e. The Bertz CT molecular complexity index is 583. The van der Waals surface area contributed by atoms with Crippen LogP contribution in [0.3, 0.4) is 0 Å². The molecule has 1 unspecified atom stereocenters. The van der Waals surface area contributed by atoms with Crippen LogP contribution in [0.25, 0.3) is 0 Å². The van der Waals surface area contributed by atoms with Crippen molar-refractivity contribution in [3.8, 4) is 0 Å². The second kappa shape index (κ2) is 6.29. The fourth-order valence-electron chi connectivity index (χ4n) is 1.55. The van der Waals surface area contributed by atoms with Gasteiger partial charge in [0.25, 0.3) is 0 Å². The van der Waals surface area contributed by atoms with E-state index in [1.807, 2.05) is 0 Å². The van der Waals surface area contributed by atoms with Gasteiger partial charge in [-0.2, -0.15) is 0 Å². The number of benzene rings is 2. The van der Waals surface area contributed by atoms with Crippen LogP contribution in [0.15, 0.2) is 48.5 Å². The first kappa shape index (κ1) is 14.2. The molecule has 0 radical (unpaired) electrons. The highest BCUT2D eigenvalue weighted by atomic mass is 35.5. The maximum atomic E-state index is 12.0. The van der Waals surface area contributed by atoms with Crippen LogP contribution in [0.2, 0.25) is 10.0 Å². The Balaban J connectivity index is 2.09. The number of carbonyl (C=O) groups excluding carboxylic acids is 1. The molecule has 98 valence electrons. The molecule has 0 fully saturated rings. The Morgan fingerprint density at radius 2 is 1.68 bits per heavy atom. The van der Waals surface area contributed by atoms with Crippen molar-refractivity contribution in [2.24, 2.45) is 0 Å². The van der Waals surface area contributed by atoms with E-state index in [0.717, 1.165) is 0 Å². The molecule has 0 saturated heterocycles. The third-order valence-corrected chi connectivity index (χ3v) is 3.42. The molecule has 2 aromatic rings. The van der Waals surface area contributed by atoms with Crippen LogP contribution in [0, 0.1) is 0 Å². The minimum absolute atomic E-state index is 0.314. The SMILES string of the molecule is O=C(Nc1ccc(Cl)cc1)C(Cl)c1cccc(Cl)c1. The summed E-state index contributed by atoms with van der Waals surface area (Å²) in [6.45, 7) is 0. The van der Waals surface area contributed by atoms with Crippen molar-refractivity contribution in [3.63, 3.8) is 0 Å². The smallest absolute Gasteiger partial charge is 0.246 e. The van der Waals surface area contributed by atoms with Crippen molar-refractivity contribution in [1.82, 2.24) is 0 Å². The molecule has 0 saturated carbocycles. The van der Waals surface area contributed by atoms with Crippen LogP contribution < -0.4 is 5.32 Å². The van der Waals surface area contributed by atoms with Gasteiger partial charge in [0.2, 0.25) is 5.91 Å². The number of amides is 1. The zero-order chi connectivity index (χ0) is 13.8. The summed E-state index contributed by atoms with van der Waals surface area (Å²) in [6, 6.07) is 13.7. The van der Waals surface area contributed by atoms with E-state index >= 15 is 0 Å². The fraction of sp³-hybridized carbons (Fsp3) is 0.0714. The van der Waals surface area contributed by atoms with Gasteiger partial charge in [0.05, 0.1) is 0 Å². The van der Waals surface area contributed by atoms with Crippen molar-refractivity contribution in [1.29, 1.82) is 0 Å². The summed E-state index contributed by atoms with van der Waals surface area (Å²) in [5.41, 5.74) is 1.29. The Kier molecular flexibility index (Phi) is 4.70. The Hall–Kier alpha value is -1.22. The van der Waals surface area contributed by atoms with Gasteiger partial charge in [-0.3, -0.25) is 4.79 Å². The van der Waals surface area contributed by atoms with Crippen molar-refractivity contribution in [3.05, 3.63) is 64.1 Å². The number of carbonyl (C=O) groups is 1.